The number of hydrogen-bond acceptors (Lipinski definition) is 6. The van der Waals surface area contributed by atoms with Gasteiger partial charge in [-0.3, -0.25) is 25.8 Å². The summed E-state index contributed by atoms with van der Waals surface area (Å²) in [7, 11) is 3.06. The maximum absolute atomic E-state index is 11.9. The van der Waals surface area contributed by atoms with Gasteiger partial charge >= 0.3 is 0 Å². The molecule has 0 heterocycles. The highest BCUT2D eigenvalue weighted by Gasteiger charge is 2.07. The average Bonchev–Trinajstić information content (AvgIpc) is 2.70. The lowest BCUT2D eigenvalue weighted by atomic mass is 10.2. The topological polar surface area (TPSA) is 109 Å². The molecule has 0 aliphatic heterocycles. The number of methoxy groups -OCH3 is 2. The van der Waals surface area contributed by atoms with Crippen molar-refractivity contribution in [2.45, 2.75) is 0 Å². The van der Waals surface area contributed by atoms with Crippen LogP contribution in [0.5, 0.6) is 17.2 Å². The number of nitrogens with one attached hydrogen (secondary N) is 3. The summed E-state index contributed by atoms with van der Waals surface area (Å²) >= 11 is 4.95. The van der Waals surface area contributed by atoms with E-state index in [1.807, 2.05) is 0 Å². The molecule has 0 bridgehead atoms. The number of amides is 2. The largest absolute Gasteiger partial charge is 0.508 e. The molecule has 0 radical (unpaired) electrons. The van der Waals surface area contributed by atoms with Crippen LogP contribution in [0.3, 0.4) is 0 Å². The van der Waals surface area contributed by atoms with Crippen molar-refractivity contribution >= 4 is 35.2 Å². The molecule has 8 nitrogen and oxygen atoms in total. The van der Waals surface area contributed by atoms with E-state index in [9.17, 15) is 14.7 Å². The zero-order chi connectivity index (χ0) is 20.5. The fraction of sp³-hybridized carbons (Fsp3) is 0.105. The van der Waals surface area contributed by atoms with Gasteiger partial charge in [0.05, 0.1) is 14.2 Å². The minimum absolute atomic E-state index is 0.0496. The molecule has 2 amide bonds. The Balaban J connectivity index is 1.85. The number of thiocarbonyl (C=S) groups is 1. The summed E-state index contributed by atoms with van der Waals surface area (Å²) in [6.45, 7) is 0. The van der Waals surface area contributed by atoms with E-state index in [0.717, 1.165) is 5.56 Å². The summed E-state index contributed by atoms with van der Waals surface area (Å²) in [5.41, 5.74) is 5.81. The number of carbonyl (C=O) groups is 2. The molecule has 0 aliphatic carbocycles. The molecule has 2 rings (SSSR count). The SMILES string of the molecule is COc1ccc(C=CC(=O)NC(=S)NNC(=O)c2ccc(O)cc2)cc1OC. The molecule has 0 saturated heterocycles. The Morgan fingerprint density at radius 3 is 2.32 bits per heavy atom. The summed E-state index contributed by atoms with van der Waals surface area (Å²) in [5, 5.41) is 11.5. The highest BCUT2D eigenvalue weighted by atomic mass is 32.1. The van der Waals surface area contributed by atoms with E-state index in [4.69, 9.17) is 21.7 Å². The summed E-state index contributed by atoms with van der Waals surface area (Å²) < 4.78 is 10.4. The van der Waals surface area contributed by atoms with Crippen LogP contribution in [0.25, 0.3) is 6.08 Å². The van der Waals surface area contributed by atoms with Gasteiger partial charge < -0.3 is 14.6 Å². The van der Waals surface area contributed by atoms with Crippen LogP contribution in [0.4, 0.5) is 0 Å². The Labute approximate surface area is 167 Å². The molecule has 146 valence electrons. The van der Waals surface area contributed by atoms with Crippen molar-refractivity contribution in [2.24, 2.45) is 0 Å². The number of hydrogen-bond donors (Lipinski definition) is 4. The minimum Gasteiger partial charge on any atom is -0.508 e. The van der Waals surface area contributed by atoms with Crippen molar-refractivity contribution in [3.05, 3.63) is 59.7 Å². The first-order chi connectivity index (χ1) is 13.4. The number of benzene rings is 2. The molecule has 2 aromatic carbocycles. The molecule has 0 atom stereocenters. The van der Waals surface area contributed by atoms with Gasteiger partial charge in [0.15, 0.2) is 16.6 Å². The molecule has 4 N–H and O–H groups in total. The Bertz CT molecular complexity index is 897. The van der Waals surface area contributed by atoms with Crippen molar-refractivity contribution in [1.29, 1.82) is 0 Å². The number of rotatable bonds is 5. The van der Waals surface area contributed by atoms with Crippen LogP contribution in [-0.2, 0) is 4.79 Å². The number of carbonyl (C=O) groups excluding carboxylic acids is 2. The molecule has 0 aromatic heterocycles. The number of phenols is 1. The molecular formula is C19H19N3O5S. The zero-order valence-corrected chi connectivity index (χ0v) is 16.0. The molecule has 0 unspecified atom stereocenters. The van der Waals surface area contributed by atoms with Crippen LogP contribution in [0.1, 0.15) is 15.9 Å². The van der Waals surface area contributed by atoms with Crippen LogP contribution in [0, 0.1) is 0 Å². The molecule has 0 aliphatic rings. The Hall–Kier alpha value is -3.59. The maximum atomic E-state index is 11.9. The second kappa shape index (κ2) is 9.93. The van der Waals surface area contributed by atoms with Gasteiger partial charge in [0.25, 0.3) is 5.91 Å². The van der Waals surface area contributed by atoms with Crippen molar-refractivity contribution in [2.75, 3.05) is 14.2 Å². The third-order valence-electron chi connectivity index (χ3n) is 3.49. The first-order valence-corrected chi connectivity index (χ1v) is 8.44. The molecule has 9 heteroatoms. The number of hydrazine groups is 1. The average molecular weight is 401 g/mol. The summed E-state index contributed by atoms with van der Waals surface area (Å²) in [5.74, 6) is 0.218. The molecule has 0 saturated carbocycles. The normalized spacial score (nSPS) is 10.2. The van der Waals surface area contributed by atoms with Crippen molar-refractivity contribution in [3.63, 3.8) is 0 Å². The van der Waals surface area contributed by atoms with Gasteiger partial charge in [0.1, 0.15) is 5.75 Å². The Morgan fingerprint density at radius 2 is 1.68 bits per heavy atom. The van der Waals surface area contributed by atoms with Crippen LogP contribution in [-0.4, -0.2) is 36.3 Å². The predicted octanol–water partition coefficient (Wildman–Crippen LogP) is 1.76. The lowest BCUT2D eigenvalue weighted by Gasteiger charge is -2.10. The zero-order valence-electron chi connectivity index (χ0n) is 15.2. The molecule has 0 spiro atoms. The molecule has 2 aromatic rings. The molecular weight excluding hydrogens is 382 g/mol. The fourth-order valence-electron chi connectivity index (χ4n) is 2.11. The van der Waals surface area contributed by atoms with Gasteiger partial charge in [-0.2, -0.15) is 0 Å². The van der Waals surface area contributed by atoms with Gasteiger partial charge in [-0.1, -0.05) is 6.07 Å². The highest BCUT2D eigenvalue weighted by Crippen LogP contribution is 2.27. The van der Waals surface area contributed by atoms with Crippen LogP contribution < -0.4 is 25.6 Å². The van der Waals surface area contributed by atoms with E-state index in [1.54, 1.807) is 24.3 Å². The third-order valence-corrected chi connectivity index (χ3v) is 3.69. The lowest BCUT2D eigenvalue weighted by Crippen LogP contribution is -2.48. The van der Waals surface area contributed by atoms with Gasteiger partial charge in [-0.15, -0.1) is 0 Å². The second-order valence-electron chi connectivity index (χ2n) is 5.39. The van der Waals surface area contributed by atoms with Gasteiger partial charge in [0, 0.05) is 11.6 Å². The predicted molar refractivity (Wildman–Crippen MR) is 108 cm³/mol. The van der Waals surface area contributed by atoms with Crippen molar-refractivity contribution in [3.8, 4) is 17.2 Å². The third kappa shape index (κ3) is 5.99. The standard InChI is InChI=1S/C19H19N3O5S/c1-26-15-9-3-12(11-16(15)27-2)4-10-17(24)20-19(28)22-21-18(25)13-5-7-14(23)8-6-13/h3-11,23H,1-2H3,(H,21,25)(H2,20,22,24,28). The van der Waals surface area contributed by atoms with Crippen molar-refractivity contribution in [1.82, 2.24) is 16.2 Å². The summed E-state index contributed by atoms with van der Waals surface area (Å²) in [6, 6.07) is 10.9. The van der Waals surface area contributed by atoms with Crippen LogP contribution >= 0.6 is 12.2 Å². The summed E-state index contributed by atoms with van der Waals surface area (Å²) in [6.07, 6.45) is 2.87. The van der Waals surface area contributed by atoms with Crippen LogP contribution in [0.15, 0.2) is 48.5 Å². The highest BCUT2D eigenvalue weighted by molar-refractivity contribution is 7.80. The first kappa shape index (κ1) is 20.7. The maximum Gasteiger partial charge on any atom is 0.269 e. The van der Waals surface area contributed by atoms with Gasteiger partial charge in [-0.05, 0) is 60.3 Å². The monoisotopic (exact) mass is 401 g/mol. The fourth-order valence-corrected chi connectivity index (χ4v) is 2.26. The van der Waals surface area contributed by atoms with Gasteiger partial charge in [-0.25, -0.2) is 0 Å². The van der Waals surface area contributed by atoms with Crippen LogP contribution in [0.2, 0.25) is 0 Å². The lowest BCUT2D eigenvalue weighted by molar-refractivity contribution is -0.115. The number of phenolic OH excluding ortho intramolecular Hbond substituents is 1. The Kier molecular flexibility index (Phi) is 7.35. The first-order valence-electron chi connectivity index (χ1n) is 8.03. The molecule has 28 heavy (non-hydrogen) atoms. The van der Waals surface area contributed by atoms with E-state index in [2.05, 4.69) is 16.2 Å². The van der Waals surface area contributed by atoms with Crippen molar-refractivity contribution < 1.29 is 24.2 Å². The Morgan fingerprint density at radius 1 is 1.00 bits per heavy atom. The second-order valence-corrected chi connectivity index (χ2v) is 5.80. The van der Waals surface area contributed by atoms with E-state index in [-0.39, 0.29) is 10.9 Å². The van der Waals surface area contributed by atoms with E-state index in [0.29, 0.717) is 17.1 Å². The molecule has 0 fully saturated rings. The number of aromatic hydroxyl groups is 1. The smallest absolute Gasteiger partial charge is 0.269 e. The van der Waals surface area contributed by atoms with E-state index < -0.39 is 11.8 Å². The minimum atomic E-state index is -0.480. The van der Waals surface area contributed by atoms with E-state index >= 15 is 0 Å². The number of ether oxygens (including phenoxy) is 2. The quantitative estimate of drug-likeness (QED) is 0.343. The van der Waals surface area contributed by atoms with Gasteiger partial charge in [0.2, 0.25) is 5.91 Å². The van der Waals surface area contributed by atoms with E-state index in [1.165, 1.54) is 44.6 Å². The summed E-state index contributed by atoms with van der Waals surface area (Å²) in [4.78, 5) is 23.8.